The lowest BCUT2D eigenvalue weighted by molar-refractivity contribution is 0.450. The molecular weight excluding hydrogens is 233 g/mol. The minimum absolute atomic E-state index is 0.279. The topological polar surface area (TPSA) is 54.7 Å². The molecule has 3 heterocycles. The maximum atomic E-state index is 13.3. The van der Waals surface area contributed by atoms with Crippen LogP contribution in [0.25, 0.3) is 33.0 Å². The van der Waals surface area contributed by atoms with Crippen LogP contribution in [-0.4, -0.2) is 15.1 Å². The number of rotatable bonds is 0. The number of hydrogen-bond donors (Lipinski definition) is 1. The molecule has 4 nitrogen and oxygen atoms in total. The molecule has 18 heavy (non-hydrogen) atoms. The maximum absolute atomic E-state index is 13.3. The maximum Gasteiger partial charge on any atom is 0.183 e. The average molecular weight is 241 g/mol. The van der Waals surface area contributed by atoms with Gasteiger partial charge < -0.3 is 4.52 Å². The minimum Gasteiger partial charge on any atom is -0.380 e. The molecule has 0 amide bonds. The molecular formula is C13H8FN3O. The Morgan fingerprint density at radius 1 is 1.17 bits per heavy atom. The van der Waals surface area contributed by atoms with Gasteiger partial charge in [0.2, 0.25) is 0 Å². The number of nitrogens with one attached hydrogen (secondary N) is 1. The normalized spacial score (nSPS) is 11.9. The van der Waals surface area contributed by atoms with E-state index in [1.807, 2.05) is 13.0 Å². The molecule has 0 aliphatic rings. The molecule has 1 N–H and O–H groups in total. The predicted molar refractivity (Wildman–Crippen MR) is 65.9 cm³/mol. The van der Waals surface area contributed by atoms with E-state index in [1.54, 1.807) is 6.07 Å². The van der Waals surface area contributed by atoms with Crippen LogP contribution in [0.5, 0.6) is 0 Å². The first-order chi connectivity index (χ1) is 8.72. The summed E-state index contributed by atoms with van der Waals surface area (Å²) >= 11 is 0. The van der Waals surface area contributed by atoms with Crippen molar-refractivity contribution in [1.29, 1.82) is 0 Å². The van der Waals surface area contributed by atoms with Gasteiger partial charge in [-0.3, -0.25) is 0 Å². The number of halogens is 1. The summed E-state index contributed by atoms with van der Waals surface area (Å²) in [6.45, 7) is 1.88. The van der Waals surface area contributed by atoms with E-state index in [-0.39, 0.29) is 5.82 Å². The van der Waals surface area contributed by atoms with Crippen LogP contribution >= 0.6 is 0 Å². The number of H-pyrrole nitrogens is 1. The summed E-state index contributed by atoms with van der Waals surface area (Å²) in [6, 6.07) is 6.37. The molecule has 0 fully saturated rings. The van der Waals surface area contributed by atoms with E-state index < -0.39 is 0 Å². The fraction of sp³-hybridized carbons (Fsp3) is 0.0769. The number of fused-ring (bicyclic) bond motifs is 4. The van der Waals surface area contributed by atoms with Gasteiger partial charge in [-0.1, -0.05) is 0 Å². The Morgan fingerprint density at radius 3 is 2.94 bits per heavy atom. The molecule has 4 aromatic rings. The first-order valence-electron chi connectivity index (χ1n) is 5.56. The van der Waals surface area contributed by atoms with Gasteiger partial charge in [-0.05, 0) is 31.2 Å². The van der Waals surface area contributed by atoms with E-state index in [9.17, 15) is 4.39 Å². The number of pyridine rings is 1. The monoisotopic (exact) mass is 241 g/mol. The summed E-state index contributed by atoms with van der Waals surface area (Å²) in [7, 11) is 0. The number of benzene rings is 1. The number of aromatic amines is 1. The lowest BCUT2D eigenvalue weighted by Gasteiger charge is -1.91. The van der Waals surface area contributed by atoms with Crippen LogP contribution in [0, 0.1) is 12.7 Å². The zero-order chi connectivity index (χ0) is 12.3. The highest BCUT2D eigenvalue weighted by molar-refractivity contribution is 6.08. The molecule has 0 spiro atoms. The van der Waals surface area contributed by atoms with Crippen LogP contribution in [-0.2, 0) is 0 Å². The molecule has 0 aliphatic heterocycles. The van der Waals surface area contributed by atoms with Gasteiger partial charge in [-0.25, -0.2) is 19.5 Å². The number of hydrogen-bond acceptors (Lipinski definition) is 3. The van der Waals surface area contributed by atoms with Gasteiger partial charge in [0.1, 0.15) is 11.3 Å². The molecule has 0 aliphatic carbocycles. The number of aryl methyl sites for hydroxylation is 1. The zero-order valence-corrected chi connectivity index (χ0v) is 9.49. The second-order valence-electron chi connectivity index (χ2n) is 4.31. The second kappa shape index (κ2) is 3.07. The van der Waals surface area contributed by atoms with Crippen molar-refractivity contribution in [3.8, 4) is 0 Å². The lowest BCUT2D eigenvalue weighted by atomic mass is 10.2. The highest BCUT2D eigenvalue weighted by Gasteiger charge is 2.12. The van der Waals surface area contributed by atoms with Gasteiger partial charge >= 0.3 is 0 Å². The largest absolute Gasteiger partial charge is 0.380 e. The highest BCUT2D eigenvalue weighted by atomic mass is 19.1. The van der Waals surface area contributed by atoms with Crippen LogP contribution in [0.4, 0.5) is 4.39 Å². The van der Waals surface area contributed by atoms with Gasteiger partial charge in [0.25, 0.3) is 0 Å². The lowest BCUT2D eigenvalue weighted by Crippen LogP contribution is -1.79. The first kappa shape index (κ1) is 9.58. The van der Waals surface area contributed by atoms with Crippen molar-refractivity contribution in [2.45, 2.75) is 6.92 Å². The smallest absolute Gasteiger partial charge is 0.183 e. The summed E-state index contributed by atoms with van der Waals surface area (Å²) in [6.07, 6.45) is 0. The Hall–Kier alpha value is -2.43. The molecule has 88 valence electrons. The third-order valence-corrected chi connectivity index (χ3v) is 3.11. The Balaban J connectivity index is 2.25. The Labute approximate surface area is 100 Å². The van der Waals surface area contributed by atoms with Crippen molar-refractivity contribution in [3.63, 3.8) is 0 Å². The molecule has 0 saturated heterocycles. The fourth-order valence-corrected chi connectivity index (χ4v) is 2.23. The summed E-state index contributed by atoms with van der Waals surface area (Å²) in [4.78, 5) is 8.84. The van der Waals surface area contributed by atoms with E-state index in [2.05, 4.69) is 15.1 Å². The second-order valence-corrected chi connectivity index (χ2v) is 4.31. The van der Waals surface area contributed by atoms with Crippen LogP contribution in [0.15, 0.2) is 28.8 Å². The molecule has 0 bridgehead atoms. The predicted octanol–water partition coefficient (Wildman–Crippen LogP) is 3.30. The summed E-state index contributed by atoms with van der Waals surface area (Å²) < 4.78 is 18.6. The number of aromatic nitrogens is 3. The molecule has 5 heteroatoms. The molecule has 1 aromatic carbocycles. The van der Waals surface area contributed by atoms with Crippen LogP contribution < -0.4 is 0 Å². The Bertz CT molecular complexity index is 907. The summed E-state index contributed by atoms with van der Waals surface area (Å²) in [5, 5.41) is 4.32. The Kier molecular flexibility index (Phi) is 1.63. The molecule has 0 saturated carbocycles. The molecule has 0 unspecified atom stereocenters. The highest BCUT2D eigenvalue weighted by Crippen LogP contribution is 2.28. The molecule has 0 radical (unpaired) electrons. The quantitative estimate of drug-likeness (QED) is 0.514. The van der Waals surface area contributed by atoms with E-state index in [0.29, 0.717) is 11.2 Å². The van der Waals surface area contributed by atoms with Crippen molar-refractivity contribution in [3.05, 3.63) is 35.8 Å². The zero-order valence-electron chi connectivity index (χ0n) is 9.49. The van der Waals surface area contributed by atoms with Crippen molar-refractivity contribution < 1.29 is 8.91 Å². The van der Waals surface area contributed by atoms with Crippen LogP contribution in [0.2, 0.25) is 0 Å². The van der Waals surface area contributed by atoms with Gasteiger partial charge in [-0.2, -0.15) is 0 Å². The molecule has 0 atom stereocenters. The Morgan fingerprint density at radius 2 is 2.06 bits per heavy atom. The van der Waals surface area contributed by atoms with Crippen LogP contribution in [0.1, 0.15) is 5.69 Å². The third-order valence-electron chi connectivity index (χ3n) is 3.11. The van der Waals surface area contributed by atoms with Gasteiger partial charge in [0.15, 0.2) is 11.2 Å². The third kappa shape index (κ3) is 1.13. The minimum atomic E-state index is -0.279. The van der Waals surface area contributed by atoms with Gasteiger partial charge in [0, 0.05) is 10.8 Å². The van der Waals surface area contributed by atoms with Crippen LogP contribution in [0.3, 0.4) is 0 Å². The van der Waals surface area contributed by atoms with Crippen molar-refractivity contribution in [1.82, 2.24) is 15.1 Å². The van der Waals surface area contributed by atoms with Crippen molar-refractivity contribution in [2.75, 3.05) is 0 Å². The standard InChI is InChI=1S/C13H8FN3O/c1-6-12-11(18-17-6)5-9-8-4-7(14)2-3-10(8)15-13(9)16-12/h2-5,17H,1H3. The summed E-state index contributed by atoms with van der Waals surface area (Å²) in [5.74, 6) is -0.279. The first-order valence-corrected chi connectivity index (χ1v) is 5.56. The van der Waals surface area contributed by atoms with Gasteiger partial charge in [0.05, 0.1) is 11.2 Å². The fourth-order valence-electron chi connectivity index (χ4n) is 2.23. The van der Waals surface area contributed by atoms with Crippen molar-refractivity contribution in [2.24, 2.45) is 0 Å². The van der Waals surface area contributed by atoms with E-state index >= 15 is 0 Å². The van der Waals surface area contributed by atoms with Crippen molar-refractivity contribution >= 4 is 33.0 Å². The van der Waals surface area contributed by atoms with E-state index in [1.165, 1.54) is 12.1 Å². The number of nitrogens with zero attached hydrogens (tertiary/aromatic N) is 2. The molecule has 3 aromatic heterocycles. The van der Waals surface area contributed by atoms with Gasteiger partial charge in [-0.15, -0.1) is 0 Å². The average Bonchev–Trinajstić information content (AvgIpc) is 2.89. The van der Waals surface area contributed by atoms with E-state index in [0.717, 1.165) is 27.5 Å². The SMILES string of the molecule is Cc1[nH]oc2cc3c(nc4ccc(F)cc43)nc12. The van der Waals surface area contributed by atoms with E-state index in [4.69, 9.17) is 4.52 Å². The summed E-state index contributed by atoms with van der Waals surface area (Å²) in [5.41, 5.74) is 3.61. The molecule has 4 rings (SSSR count).